The minimum absolute atomic E-state index is 0.190. The average Bonchev–Trinajstić information content (AvgIpc) is 2.43. The number of carbonyl (C=O) groups is 1. The Morgan fingerprint density at radius 3 is 2.05 bits per heavy atom. The predicted molar refractivity (Wildman–Crippen MR) is 71.2 cm³/mol. The van der Waals surface area contributed by atoms with Gasteiger partial charge in [-0.2, -0.15) is 0 Å². The molecule has 0 radical (unpaired) electrons. The standard InChI is InChI=1S/C10H18BrN3O5/c11-9-10(15)19-8-7-18-6-5-17-4-3-16-2-1-13-14-12/h1-9H2. The van der Waals surface area contributed by atoms with Crippen molar-refractivity contribution in [2.24, 2.45) is 5.11 Å². The number of hydrogen-bond donors (Lipinski definition) is 0. The second kappa shape index (κ2) is 15.2. The van der Waals surface area contributed by atoms with E-state index < -0.39 is 0 Å². The lowest BCUT2D eigenvalue weighted by atomic mass is 10.7. The summed E-state index contributed by atoms with van der Waals surface area (Å²) in [5, 5.41) is 3.51. The van der Waals surface area contributed by atoms with Gasteiger partial charge in [0.1, 0.15) is 11.9 Å². The third-order valence-electron chi connectivity index (χ3n) is 1.74. The smallest absolute Gasteiger partial charge is 0.316 e. The minimum atomic E-state index is -0.308. The monoisotopic (exact) mass is 339 g/mol. The molecule has 0 spiro atoms. The van der Waals surface area contributed by atoms with Gasteiger partial charge in [0.05, 0.1) is 39.6 Å². The van der Waals surface area contributed by atoms with Crippen molar-refractivity contribution >= 4 is 21.9 Å². The molecule has 0 amide bonds. The number of nitrogens with zero attached hydrogens (tertiary/aromatic N) is 3. The summed E-state index contributed by atoms with van der Waals surface area (Å²) in [4.78, 5) is 13.3. The zero-order valence-electron chi connectivity index (χ0n) is 10.6. The number of azide groups is 1. The van der Waals surface area contributed by atoms with Gasteiger partial charge in [0, 0.05) is 11.5 Å². The lowest BCUT2D eigenvalue weighted by molar-refractivity contribution is -0.142. The van der Waals surface area contributed by atoms with Crippen LogP contribution < -0.4 is 0 Å². The molecule has 0 aliphatic rings. The van der Waals surface area contributed by atoms with Crippen LogP contribution in [0.5, 0.6) is 0 Å². The van der Waals surface area contributed by atoms with Crippen molar-refractivity contribution in [3.63, 3.8) is 0 Å². The van der Waals surface area contributed by atoms with Crippen LogP contribution in [0, 0.1) is 0 Å². The van der Waals surface area contributed by atoms with E-state index in [0.717, 1.165) is 0 Å². The van der Waals surface area contributed by atoms with Crippen molar-refractivity contribution in [1.29, 1.82) is 0 Å². The molecular formula is C10H18BrN3O5. The summed E-state index contributed by atoms with van der Waals surface area (Å²) in [5.41, 5.74) is 8.01. The van der Waals surface area contributed by atoms with E-state index in [2.05, 4.69) is 26.0 Å². The molecule has 0 bridgehead atoms. The van der Waals surface area contributed by atoms with Crippen LogP contribution in [-0.2, 0) is 23.7 Å². The summed E-state index contributed by atoms with van der Waals surface area (Å²) < 4.78 is 20.3. The fourth-order valence-electron chi connectivity index (χ4n) is 0.945. The Kier molecular flexibility index (Phi) is 14.5. The highest BCUT2D eigenvalue weighted by Crippen LogP contribution is 1.86. The van der Waals surface area contributed by atoms with Crippen LogP contribution in [0.2, 0.25) is 0 Å². The molecule has 0 aliphatic carbocycles. The maximum atomic E-state index is 10.7. The Bertz CT molecular complexity index is 274. The van der Waals surface area contributed by atoms with Crippen LogP contribution in [0.1, 0.15) is 0 Å². The van der Waals surface area contributed by atoms with Crippen LogP contribution in [0.3, 0.4) is 0 Å². The van der Waals surface area contributed by atoms with E-state index in [1.165, 1.54) is 0 Å². The van der Waals surface area contributed by atoms with Crippen molar-refractivity contribution in [2.75, 3.05) is 58.1 Å². The molecule has 9 heteroatoms. The number of carbonyl (C=O) groups excluding carboxylic acids is 1. The second-order valence-electron chi connectivity index (χ2n) is 3.15. The first kappa shape index (κ1) is 18.1. The van der Waals surface area contributed by atoms with E-state index in [9.17, 15) is 4.79 Å². The summed E-state index contributed by atoms with van der Waals surface area (Å²) >= 11 is 2.98. The third-order valence-corrected chi connectivity index (χ3v) is 2.20. The fraction of sp³-hybridized carbons (Fsp3) is 0.900. The molecule has 0 N–H and O–H groups in total. The van der Waals surface area contributed by atoms with Gasteiger partial charge in [-0.05, 0) is 5.53 Å². The molecule has 0 aromatic rings. The van der Waals surface area contributed by atoms with E-state index >= 15 is 0 Å². The predicted octanol–water partition coefficient (Wildman–Crippen LogP) is 1.28. The molecule has 0 saturated heterocycles. The number of hydrogen-bond acceptors (Lipinski definition) is 6. The summed E-state index contributed by atoms with van der Waals surface area (Å²) in [6.07, 6.45) is 0. The molecule has 0 aromatic carbocycles. The third kappa shape index (κ3) is 15.1. The largest absolute Gasteiger partial charge is 0.463 e. The van der Waals surface area contributed by atoms with Crippen molar-refractivity contribution in [3.8, 4) is 0 Å². The fourth-order valence-corrected chi connectivity index (χ4v) is 1.11. The Balaban J connectivity index is 3.02. The van der Waals surface area contributed by atoms with Gasteiger partial charge in [-0.25, -0.2) is 0 Å². The topological polar surface area (TPSA) is 103 Å². The van der Waals surface area contributed by atoms with Gasteiger partial charge in [-0.1, -0.05) is 21.0 Å². The second-order valence-corrected chi connectivity index (χ2v) is 3.71. The Morgan fingerprint density at radius 2 is 1.53 bits per heavy atom. The first-order valence-electron chi connectivity index (χ1n) is 5.77. The first-order chi connectivity index (χ1) is 9.31. The van der Waals surface area contributed by atoms with E-state index in [4.69, 9.17) is 24.5 Å². The van der Waals surface area contributed by atoms with Gasteiger partial charge >= 0.3 is 5.97 Å². The van der Waals surface area contributed by atoms with Crippen LogP contribution in [0.4, 0.5) is 0 Å². The summed E-state index contributed by atoms with van der Waals surface area (Å²) in [6, 6.07) is 0. The molecular weight excluding hydrogens is 322 g/mol. The lowest BCUT2D eigenvalue weighted by Gasteiger charge is -2.06. The summed E-state index contributed by atoms with van der Waals surface area (Å²) in [5.74, 6) is -0.308. The normalized spacial score (nSPS) is 9.95. The quantitative estimate of drug-likeness (QED) is 0.125. The van der Waals surface area contributed by atoms with Crippen molar-refractivity contribution in [1.82, 2.24) is 0 Å². The highest BCUT2D eigenvalue weighted by Gasteiger charge is 1.98. The average molecular weight is 340 g/mol. The molecule has 110 valence electrons. The lowest BCUT2D eigenvalue weighted by Crippen LogP contribution is -2.14. The molecule has 0 aliphatic heterocycles. The zero-order valence-corrected chi connectivity index (χ0v) is 12.2. The molecule has 8 nitrogen and oxygen atoms in total. The zero-order chi connectivity index (χ0) is 14.2. The van der Waals surface area contributed by atoms with Gasteiger partial charge < -0.3 is 18.9 Å². The molecule has 0 atom stereocenters. The van der Waals surface area contributed by atoms with Crippen LogP contribution >= 0.6 is 15.9 Å². The number of ether oxygens (including phenoxy) is 4. The SMILES string of the molecule is [N-]=[N+]=NCCOCCOCCOCCOC(=O)CBr. The van der Waals surface area contributed by atoms with E-state index in [0.29, 0.717) is 46.2 Å². The van der Waals surface area contributed by atoms with Gasteiger partial charge in [0.25, 0.3) is 0 Å². The Morgan fingerprint density at radius 1 is 1.00 bits per heavy atom. The van der Waals surface area contributed by atoms with E-state index in [-0.39, 0.29) is 17.9 Å². The number of halogens is 1. The highest BCUT2D eigenvalue weighted by atomic mass is 79.9. The molecule has 19 heavy (non-hydrogen) atoms. The van der Waals surface area contributed by atoms with Crippen LogP contribution in [0.15, 0.2) is 5.11 Å². The van der Waals surface area contributed by atoms with Gasteiger partial charge in [0.2, 0.25) is 0 Å². The highest BCUT2D eigenvalue weighted by molar-refractivity contribution is 9.09. The van der Waals surface area contributed by atoms with Crippen LogP contribution in [-0.4, -0.2) is 64.1 Å². The van der Waals surface area contributed by atoms with Crippen molar-refractivity contribution < 1.29 is 23.7 Å². The van der Waals surface area contributed by atoms with E-state index in [1.807, 2.05) is 0 Å². The maximum Gasteiger partial charge on any atom is 0.316 e. The molecule has 0 saturated carbocycles. The minimum Gasteiger partial charge on any atom is -0.463 e. The first-order valence-corrected chi connectivity index (χ1v) is 6.89. The van der Waals surface area contributed by atoms with E-state index in [1.54, 1.807) is 0 Å². The summed E-state index contributed by atoms with van der Waals surface area (Å²) in [7, 11) is 0. The molecule has 0 heterocycles. The summed E-state index contributed by atoms with van der Waals surface area (Å²) in [6.45, 7) is 3.10. The van der Waals surface area contributed by atoms with Crippen molar-refractivity contribution in [3.05, 3.63) is 10.4 Å². The van der Waals surface area contributed by atoms with Crippen molar-refractivity contribution in [2.45, 2.75) is 0 Å². The van der Waals surface area contributed by atoms with Gasteiger partial charge in [-0.3, -0.25) is 4.79 Å². The molecule has 0 aromatic heterocycles. The molecule has 0 rings (SSSR count). The maximum absolute atomic E-state index is 10.7. The Labute approximate surface area is 120 Å². The number of alkyl halides is 1. The Hall–Kier alpha value is -0.860. The van der Waals surface area contributed by atoms with Crippen LogP contribution in [0.25, 0.3) is 10.4 Å². The molecule has 0 unspecified atom stereocenters. The number of rotatable bonds is 13. The number of esters is 1. The molecule has 0 fully saturated rings. The van der Waals surface area contributed by atoms with Gasteiger partial charge in [0.15, 0.2) is 0 Å². The van der Waals surface area contributed by atoms with Gasteiger partial charge in [-0.15, -0.1) is 0 Å².